The Kier molecular flexibility index (Phi) is 6.22. The molecule has 10 heteroatoms. The van der Waals surface area contributed by atoms with Crippen molar-refractivity contribution in [2.75, 3.05) is 4.72 Å². The van der Waals surface area contributed by atoms with Crippen molar-refractivity contribution in [2.24, 2.45) is 0 Å². The van der Waals surface area contributed by atoms with Crippen molar-refractivity contribution in [1.29, 1.82) is 0 Å². The Bertz CT molecular complexity index is 1300. The molecule has 0 spiro atoms. The molecular formula is C22H15ClN2O5S2. The minimum atomic E-state index is -3.76. The number of carbonyl (C=O) groups is 2. The summed E-state index contributed by atoms with van der Waals surface area (Å²) < 4.78 is 33.3. The molecule has 162 valence electrons. The van der Waals surface area contributed by atoms with Crippen LogP contribution in [0.2, 0.25) is 5.02 Å². The van der Waals surface area contributed by atoms with Gasteiger partial charge < -0.3 is 4.74 Å². The second kappa shape index (κ2) is 9.07. The van der Waals surface area contributed by atoms with E-state index in [1.54, 1.807) is 66.7 Å². The van der Waals surface area contributed by atoms with Gasteiger partial charge in [0, 0.05) is 10.7 Å². The van der Waals surface area contributed by atoms with Gasteiger partial charge in [0.25, 0.3) is 21.2 Å². The molecule has 0 aromatic heterocycles. The van der Waals surface area contributed by atoms with Gasteiger partial charge in [0.05, 0.1) is 9.80 Å². The number of halogens is 1. The van der Waals surface area contributed by atoms with Crippen LogP contribution in [-0.4, -0.2) is 19.6 Å². The summed E-state index contributed by atoms with van der Waals surface area (Å²) in [7, 11) is -3.76. The fraction of sp³-hybridized carbons (Fsp3) is 0. The van der Waals surface area contributed by atoms with Gasteiger partial charge in [-0.15, -0.1) is 0 Å². The summed E-state index contributed by atoms with van der Waals surface area (Å²) in [6.45, 7) is 0. The average Bonchev–Trinajstić information content (AvgIpc) is 3.08. The van der Waals surface area contributed by atoms with E-state index in [2.05, 4.69) is 10.0 Å². The maximum atomic E-state index is 12.5. The molecule has 0 radical (unpaired) electrons. The first-order valence-corrected chi connectivity index (χ1v) is 11.9. The van der Waals surface area contributed by atoms with Crippen LogP contribution >= 0.6 is 23.4 Å². The van der Waals surface area contributed by atoms with Crippen molar-refractivity contribution >= 4 is 56.3 Å². The minimum Gasteiger partial charge on any atom is -0.457 e. The molecule has 1 aliphatic heterocycles. The van der Waals surface area contributed by atoms with E-state index in [1.165, 1.54) is 12.1 Å². The highest BCUT2D eigenvalue weighted by atomic mass is 35.5. The van der Waals surface area contributed by atoms with Gasteiger partial charge in [-0.1, -0.05) is 23.7 Å². The third kappa shape index (κ3) is 5.31. The van der Waals surface area contributed by atoms with Gasteiger partial charge in [0.15, 0.2) is 0 Å². The fourth-order valence-electron chi connectivity index (χ4n) is 2.76. The largest absolute Gasteiger partial charge is 0.457 e. The second-order valence-electron chi connectivity index (χ2n) is 6.61. The zero-order valence-corrected chi connectivity index (χ0v) is 18.6. The monoisotopic (exact) mass is 486 g/mol. The molecule has 1 heterocycles. The van der Waals surface area contributed by atoms with Gasteiger partial charge >= 0.3 is 0 Å². The molecule has 1 saturated heterocycles. The number of nitrogens with one attached hydrogen (secondary N) is 2. The van der Waals surface area contributed by atoms with Gasteiger partial charge in [-0.2, -0.15) is 0 Å². The highest BCUT2D eigenvalue weighted by molar-refractivity contribution is 8.18. The van der Waals surface area contributed by atoms with Crippen LogP contribution in [-0.2, 0) is 14.8 Å². The van der Waals surface area contributed by atoms with E-state index in [4.69, 9.17) is 16.3 Å². The van der Waals surface area contributed by atoms with Crippen LogP contribution in [0.3, 0.4) is 0 Å². The molecule has 3 aromatic carbocycles. The van der Waals surface area contributed by atoms with Crippen LogP contribution in [0.1, 0.15) is 5.56 Å². The predicted octanol–water partition coefficient (Wildman–Crippen LogP) is 5.26. The lowest BCUT2D eigenvalue weighted by Gasteiger charge is -2.10. The van der Waals surface area contributed by atoms with E-state index in [9.17, 15) is 18.0 Å². The van der Waals surface area contributed by atoms with Crippen molar-refractivity contribution in [1.82, 2.24) is 5.32 Å². The summed E-state index contributed by atoms with van der Waals surface area (Å²) in [6, 6.07) is 19.2. The number of rotatable bonds is 6. The maximum Gasteiger partial charge on any atom is 0.290 e. The molecule has 1 aliphatic rings. The van der Waals surface area contributed by atoms with Crippen molar-refractivity contribution in [3.05, 3.63) is 88.3 Å². The number of benzene rings is 3. The number of anilines is 1. The summed E-state index contributed by atoms with van der Waals surface area (Å²) in [6.07, 6.45) is 1.61. The summed E-state index contributed by atoms with van der Waals surface area (Å²) in [5.41, 5.74) is 1.14. The molecular weight excluding hydrogens is 472 g/mol. The molecule has 0 unspecified atom stereocenters. The Labute approximate surface area is 193 Å². The Hall–Kier alpha value is -3.27. The SMILES string of the molecule is O=C1NC(=O)C(=Cc2ccc(Oc3ccc(S(=O)(=O)Nc4ccc(Cl)cc4)cc3)cc2)S1. The number of sulfonamides is 1. The first kappa shape index (κ1) is 21.9. The molecule has 2 amide bonds. The average molecular weight is 487 g/mol. The van der Waals surface area contributed by atoms with Gasteiger partial charge in [0.1, 0.15) is 11.5 Å². The lowest BCUT2D eigenvalue weighted by atomic mass is 10.2. The van der Waals surface area contributed by atoms with Crippen LogP contribution < -0.4 is 14.8 Å². The Balaban J connectivity index is 1.42. The zero-order valence-electron chi connectivity index (χ0n) is 16.2. The second-order valence-corrected chi connectivity index (χ2v) is 9.74. The minimum absolute atomic E-state index is 0.0867. The van der Waals surface area contributed by atoms with Gasteiger partial charge in [0.2, 0.25) is 0 Å². The van der Waals surface area contributed by atoms with Crippen LogP contribution in [0.25, 0.3) is 6.08 Å². The molecule has 0 bridgehead atoms. The maximum absolute atomic E-state index is 12.5. The number of thioether (sulfide) groups is 1. The smallest absolute Gasteiger partial charge is 0.290 e. The number of hydrogen-bond donors (Lipinski definition) is 2. The molecule has 1 fully saturated rings. The molecule has 7 nitrogen and oxygen atoms in total. The molecule has 0 atom stereocenters. The van der Waals surface area contributed by atoms with E-state index in [-0.39, 0.29) is 4.90 Å². The normalized spacial score (nSPS) is 15.0. The highest BCUT2D eigenvalue weighted by Gasteiger charge is 2.24. The number of carbonyl (C=O) groups excluding carboxylic acids is 2. The first-order valence-electron chi connectivity index (χ1n) is 9.20. The zero-order chi connectivity index (χ0) is 22.7. The third-order valence-electron chi connectivity index (χ3n) is 4.29. The molecule has 32 heavy (non-hydrogen) atoms. The van der Waals surface area contributed by atoms with Crippen molar-refractivity contribution in [3.63, 3.8) is 0 Å². The van der Waals surface area contributed by atoms with Crippen molar-refractivity contribution < 1.29 is 22.7 Å². The molecule has 0 saturated carbocycles. The molecule has 2 N–H and O–H groups in total. The van der Waals surface area contributed by atoms with Gasteiger partial charge in [-0.05, 0) is 84.1 Å². The Morgan fingerprint density at radius 3 is 2.03 bits per heavy atom. The summed E-state index contributed by atoms with van der Waals surface area (Å²) in [5.74, 6) is 0.570. The van der Waals surface area contributed by atoms with E-state index >= 15 is 0 Å². The Morgan fingerprint density at radius 2 is 1.47 bits per heavy atom. The summed E-state index contributed by atoms with van der Waals surface area (Å²) >= 11 is 6.67. The number of ether oxygens (including phenoxy) is 1. The summed E-state index contributed by atoms with van der Waals surface area (Å²) in [4.78, 5) is 23.3. The van der Waals surface area contributed by atoms with Crippen LogP contribution in [0, 0.1) is 0 Å². The number of imide groups is 1. The molecule has 0 aliphatic carbocycles. The predicted molar refractivity (Wildman–Crippen MR) is 124 cm³/mol. The van der Waals surface area contributed by atoms with Crippen molar-refractivity contribution in [3.8, 4) is 11.5 Å². The lowest BCUT2D eigenvalue weighted by Crippen LogP contribution is -2.17. The van der Waals surface area contributed by atoms with E-state index in [0.717, 1.165) is 17.3 Å². The molecule has 3 aromatic rings. The van der Waals surface area contributed by atoms with Crippen LogP contribution in [0.4, 0.5) is 10.5 Å². The van der Waals surface area contributed by atoms with E-state index < -0.39 is 21.2 Å². The first-order chi connectivity index (χ1) is 15.3. The molecule has 4 rings (SSSR count). The third-order valence-corrected chi connectivity index (χ3v) is 6.75. The fourth-order valence-corrected chi connectivity index (χ4v) is 4.63. The standard InChI is InChI=1S/C22H15ClN2O5S2/c23-15-3-5-16(6-4-15)25-32(28,29)19-11-9-18(10-12-19)30-17-7-1-14(2-8-17)13-20-21(26)24-22(27)31-20/h1-13,25H,(H,24,26,27). The lowest BCUT2D eigenvalue weighted by molar-refractivity contribution is -0.115. The van der Waals surface area contributed by atoms with Crippen LogP contribution in [0.15, 0.2) is 82.6 Å². The van der Waals surface area contributed by atoms with E-state index in [0.29, 0.717) is 27.1 Å². The summed E-state index contributed by atoms with van der Waals surface area (Å²) in [5, 5.41) is 2.32. The topological polar surface area (TPSA) is 102 Å². The Morgan fingerprint density at radius 1 is 0.875 bits per heavy atom. The highest BCUT2D eigenvalue weighted by Crippen LogP contribution is 2.28. The van der Waals surface area contributed by atoms with Crippen molar-refractivity contribution in [2.45, 2.75) is 4.90 Å². The number of hydrogen-bond acceptors (Lipinski definition) is 6. The van der Waals surface area contributed by atoms with Gasteiger partial charge in [-0.25, -0.2) is 8.42 Å². The number of amides is 2. The van der Waals surface area contributed by atoms with E-state index in [1.807, 2.05) is 0 Å². The van der Waals surface area contributed by atoms with Crippen LogP contribution in [0.5, 0.6) is 11.5 Å². The quantitative estimate of drug-likeness (QED) is 0.461. The van der Waals surface area contributed by atoms with Gasteiger partial charge in [-0.3, -0.25) is 19.6 Å².